The second-order valence-corrected chi connectivity index (χ2v) is 13.5. The lowest BCUT2D eigenvalue weighted by molar-refractivity contribution is 0.248. The number of allylic oxidation sites excluding steroid dienone is 1. The van der Waals surface area contributed by atoms with Gasteiger partial charge in [0.05, 0.1) is 11.4 Å². The summed E-state index contributed by atoms with van der Waals surface area (Å²) in [5, 5.41) is 1.14. The molecular formula is C24H30N2O2S3. The quantitative estimate of drug-likeness (QED) is 0.591. The molecule has 1 aliphatic heterocycles. The molecule has 4 nitrogen and oxygen atoms in total. The lowest BCUT2D eigenvalue weighted by atomic mass is 9.78. The van der Waals surface area contributed by atoms with Gasteiger partial charge in [-0.1, -0.05) is 24.3 Å². The molecule has 1 spiro atoms. The van der Waals surface area contributed by atoms with E-state index in [0.717, 1.165) is 30.0 Å². The minimum Gasteiger partial charge on any atom is -0.236 e. The Hall–Kier alpha value is -1.15. The second-order valence-electron chi connectivity index (χ2n) is 9.15. The molecule has 0 saturated heterocycles. The Labute approximate surface area is 194 Å². The number of thiazole rings is 1. The molecule has 2 fully saturated rings. The fourth-order valence-electron chi connectivity index (χ4n) is 5.09. The number of aromatic nitrogens is 1. The lowest BCUT2D eigenvalue weighted by Crippen LogP contribution is -2.32. The molecule has 5 rings (SSSR count). The van der Waals surface area contributed by atoms with Crippen molar-refractivity contribution in [2.45, 2.75) is 50.3 Å². The maximum Gasteiger partial charge on any atom is 0.211 e. The number of aryl methyl sites for hydroxylation is 1. The van der Waals surface area contributed by atoms with E-state index in [1.54, 1.807) is 6.92 Å². The summed E-state index contributed by atoms with van der Waals surface area (Å²) in [6.45, 7) is 2.30. The first-order chi connectivity index (χ1) is 15.0. The van der Waals surface area contributed by atoms with Gasteiger partial charge in [0.1, 0.15) is 5.01 Å². The van der Waals surface area contributed by atoms with Gasteiger partial charge in [-0.2, -0.15) is 0 Å². The summed E-state index contributed by atoms with van der Waals surface area (Å²) in [6, 6.07) is 8.64. The van der Waals surface area contributed by atoms with E-state index in [1.165, 1.54) is 40.3 Å². The van der Waals surface area contributed by atoms with Gasteiger partial charge < -0.3 is 0 Å². The van der Waals surface area contributed by atoms with Crippen LogP contribution in [0, 0.1) is 17.3 Å². The number of hydrogen-bond donors (Lipinski definition) is 1. The van der Waals surface area contributed by atoms with Crippen LogP contribution in [-0.2, 0) is 16.4 Å². The molecule has 2 saturated carbocycles. The number of hydrogen-bond acceptors (Lipinski definition) is 5. The molecule has 2 heterocycles. The average Bonchev–Trinajstić information content (AvgIpc) is 3.35. The normalized spacial score (nSPS) is 27.8. The Kier molecular flexibility index (Phi) is 6.05. The smallest absolute Gasteiger partial charge is 0.211 e. The number of nitrogens with zero attached hydrogens (tertiary/aromatic N) is 1. The first-order valence-electron chi connectivity index (χ1n) is 11.4. The maximum atomic E-state index is 11.7. The Bertz CT molecular complexity index is 1080. The standard InChI is InChI=1S/C24H30N2O2S3/c1-2-31(27,28)25-16-17-9-12-24(13-10-17)15-18(24)7-8-22-26-23-19-5-3-4-6-20(19)29-14-11-21(23)30-22/h3-8,17-18,25H,2,9-16H2,1H3/b8-7+. The molecule has 7 heteroatoms. The number of benzene rings is 1. The van der Waals surface area contributed by atoms with Crippen LogP contribution in [0.25, 0.3) is 17.3 Å². The largest absolute Gasteiger partial charge is 0.236 e. The lowest BCUT2D eigenvalue weighted by Gasteiger charge is -2.29. The van der Waals surface area contributed by atoms with Crippen molar-refractivity contribution in [3.63, 3.8) is 0 Å². The molecule has 1 aromatic heterocycles. The zero-order valence-corrected chi connectivity index (χ0v) is 20.4. The SMILES string of the molecule is CCS(=O)(=O)NCC1CCC2(CC1)CC2/C=C/c1nc2c(s1)CCSc1ccccc1-2. The van der Waals surface area contributed by atoms with E-state index in [9.17, 15) is 8.42 Å². The van der Waals surface area contributed by atoms with Crippen LogP contribution in [0.3, 0.4) is 0 Å². The van der Waals surface area contributed by atoms with E-state index in [4.69, 9.17) is 4.98 Å². The highest BCUT2D eigenvalue weighted by Crippen LogP contribution is 2.62. The van der Waals surface area contributed by atoms with Crippen molar-refractivity contribution < 1.29 is 8.42 Å². The average molecular weight is 475 g/mol. The number of fused-ring (bicyclic) bond motifs is 3. The summed E-state index contributed by atoms with van der Waals surface area (Å²) >= 11 is 3.79. The van der Waals surface area contributed by atoms with Gasteiger partial charge in [-0.15, -0.1) is 23.1 Å². The predicted octanol–water partition coefficient (Wildman–Crippen LogP) is 5.61. The summed E-state index contributed by atoms with van der Waals surface area (Å²) in [6.07, 6.45) is 11.7. The van der Waals surface area contributed by atoms with E-state index >= 15 is 0 Å². The van der Waals surface area contributed by atoms with Crippen molar-refractivity contribution in [2.24, 2.45) is 17.3 Å². The van der Waals surface area contributed by atoms with E-state index in [-0.39, 0.29) is 5.75 Å². The monoisotopic (exact) mass is 474 g/mol. The van der Waals surface area contributed by atoms with Gasteiger partial charge in [-0.3, -0.25) is 0 Å². The minimum atomic E-state index is -3.07. The van der Waals surface area contributed by atoms with Crippen molar-refractivity contribution in [2.75, 3.05) is 18.1 Å². The van der Waals surface area contributed by atoms with Crippen LogP contribution in [-0.4, -0.2) is 31.5 Å². The molecule has 1 unspecified atom stereocenters. The predicted molar refractivity (Wildman–Crippen MR) is 131 cm³/mol. The van der Waals surface area contributed by atoms with Gasteiger partial charge in [0, 0.05) is 27.6 Å². The molecule has 2 aliphatic carbocycles. The van der Waals surface area contributed by atoms with Crippen molar-refractivity contribution in [1.82, 2.24) is 9.71 Å². The highest BCUT2D eigenvalue weighted by atomic mass is 32.2. The Morgan fingerprint density at radius 1 is 1.26 bits per heavy atom. The Balaban J connectivity index is 1.20. The first-order valence-corrected chi connectivity index (χ1v) is 14.8. The summed E-state index contributed by atoms with van der Waals surface area (Å²) in [7, 11) is -3.07. The molecule has 0 radical (unpaired) electrons. The van der Waals surface area contributed by atoms with Gasteiger partial charge in [-0.05, 0) is 74.8 Å². The number of sulfonamides is 1. The third-order valence-electron chi connectivity index (χ3n) is 7.24. The third-order valence-corrected chi connectivity index (χ3v) is 10.8. The van der Waals surface area contributed by atoms with Gasteiger partial charge in [0.25, 0.3) is 0 Å². The Morgan fingerprint density at radius 3 is 2.87 bits per heavy atom. The summed E-state index contributed by atoms with van der Waals surface area (Å²) in [5.74, 6) is 2.44. The number of nitrogens with one attached hydrogen (secondary N) is 1. The van der Waals surface area contributed by atoms with Crippen molar-refractivity contribution >= 4 is 39.2 Å². The van der Waals surface area contributed by atoms with Crippen molar-refractivity contribution in [3.8, 4) is 11.3 Å². The maximum absolute atomic E-state index is 11.7. The van der Waals surface area contributed by atoms with Crippen molar-refractivity contribution in [1.29, 1.82) is 0 Å². The summed E-state index contributed by atoms with van der Waals surface area (Å²) < 4.78 is 26.1. The van der Waals surface area contributed by atoms with Gasteiger partial charge in [-0.25, -0.2) is 18.1 Å². The summed E-state index contributed by atoms with van der Waals surface area (Å²) in [4.78, 5) is 7.77. The molecule has 1 atom stereocenters. The van der Waals surface area contributed by atoms with Crippen molar-refractivity contribution in [3.05, 3.63) is 40.2 Å². The molecule has 1 N–H and O–H groups in total. The fourth-order valence-corrected chi connectivity index (χ4v) is 7.93. The van der Waals surface area contributed by atoms with Gasteiger partial charge in [0.2, 0.25) is 10.0 Å². The van der Waals surface area contributed by atoms with Crippen LogP contribution in [0.1, 0.15) is 48.9 Å². The molecular weight excluding hydrogens is 444 g/mol. The molecule has 1 aromatic carbocycles. The van der Waals surface area contributed by atoms with Crippen LogP contribution in [0.5, 0.6) is 0 Å². The number of rotatable bonds is 6. The van der Waals surface area contributed by atoms with Crippen LogP contribution >= 0.6 is 23.1 Å². The zero-order valence-electron chi connectivity index (χ0n) is 18.0. The molecule has 3 aliphatic rings. The Morgan fingerprint density at radius 2 is 2.06 bits per heavy atom. The van der Waals surface area contributed by atoms with E-state index in [0.29, 0.717) is 23.8 Å². The minimum absolute atomic E-state index is 0.168. The third kappa shape index (κ3) is 4.65. The van der Waals surface area contributed by atoms with Gasteiger partial charge in [0.15, 0.2) is 0 Å². The number of thioether (sulfide) groups is 1. The van der Waals surface area contributed by atoms with Crippen LogP contribution in [0.4, 0.5) is 0 Å². The molecule has 31 heavy (non-hydrogen) atoms. The molecule has 0 bridgehead atoms. The van der Waals surface area contributed by atoms with Crippen LogP contribution in [0.15, 0.2) is 35.2 Å². The van der Waals surface area contributed by atoms with Crippen LogP contribution < -0.4 is 4.72 Å². The highest BCUT2D eigenvalue weighted by Gasteiger charge is 2.53. The second kappa shape index (κ2) is 8.65. The topological polar surface area (TPSA) is 59.1 Å². The van der Waals surface area contributed by atoms with Gasteiger partial charge >= 0.3 is 0 Å². The van der Waals surface area contributed by atoms with E-state index in [2.05, 4.69) is 41.1 Å². The fraction of sp³-hybridized carbons (Fsp3) is 0.542. The summed E-state index contributed by atoms with van der Waals surface area (Å²) in [5.41, 5.74) is 2.94. The van der Waals surface area contributed by atoms with Crippen LogP contribution in [0.2, 0.25) is 0 Å². The zero-order chi connectivity index (χ0) is 21.5. The molecule has 166 valence electrons. The van der Waals surface area contributed by atoms with E-state index < -0.39 is 10.0 Å². The van der Waals surface area contributed by atoms with E-state index in [1.807, 2.05) is 23.1 Å². The molecule has 0 amide bonds. The highest BCUT2D eigenvalue weighted by molar-refractivity contribution is 7.99. The molecule has 2 aromatic rings. The first kappa shape index (κ1) is 21.7.